The smallest absolute Gasteiger partial charge is 0.270 e. The molecule has 0 bridgehead atoms. The maximum atomic E-state index is 12.8. The molecule has 1 aromatic heterocycles. The van der Waals surface area contributed by atoms with Gasteiger partial charge in [-0.3, -0.25) is 9.59 Å². The van der Waals surface area contributed by atoms with Crippen LogP contribution in [-0.4, -0.2) is 58.6 Å². The van der Waals surface area contributed by atoms with E-state index in [1.54, 1.807) is 0 Å². The van der Waals surface area contributed by atoms with Gasteiger partial charge in [-0.05, 0) is 50.7 Å². The van der Waals surface area contributed by atoms with Crippen LogP contribution in [0.5, 0.6) is 5.75 Å². The van der Waals surface area contributed by atoms with Gasteiger partial charge in [0, 0.05) is 25.6 Å². The molecule has 0 radical (unpaired) electrons. The number of hydrogen-bond donors (Lipinski definition) is 2. The minimum Gasteiger partial charge on any atom is -0.506 e. The van der Waals surface area contributed by atoms with Gasteiger partial charge in [-0.15, -0.1) is 0 Å². The Hall–Kier alpha value is -2.15. The number of carbonyl (C=O) groups excluding carboxylic acids is 2. The van der Waals surface area contributed by atoms with Gasteiger partial charge in [-0.2, -0.15) is 0 Å². The first-order chi connectivity index (χ1) is 13.1. The second-order valence-electron chi connectivity index (χ2n) is 7.43. The second kappa shape index (κ2) is 9.17. The summed E-state index contributed by atoms with van der Waals surface area (Å²) in [6, 6.07) is 2.71. The number of aromatic hydroxyl groups is 1. The van der Waals surface area contributed by atoms with Crippen LogP contribution < -0.4 is 5.32 Å². The SMILES string of the molecule is CCCO[C@@H]1CC[C@H](C(=O)N2CCCC2)C[C@H]1NC(=O)c1ccc(O)cn1. The summed E-state index contributed by atoms with van der Waals surface area (Å²) in [4.78, 5) is 31.3. The lowest BCUT2D eigenvalue weighted by Gasteiger charge is -2.37. The predicted molar refractivity (Wildman–Crippen MR) is 100 cm³/mol. The Morgan fingerprint density at radius 3 is 2.74 bits per heavy atom. The molecule has 1 saturated heterocycles. The van der Waals surface area contributed by atoms with E-state index in [1.165, 1.54) is 18.3 Å². The summed E-state index contributed by atoms with van der Waals surface area (Å²) < 4.78 is 5.95. The first-order valence-corrected chi connectivity index (χ1v) is 9.94. The molecule has 148 valence electrons. The van der Waals surface area contributed by atoms with Crippen molar-refractivity contribution in [3.05, 3.63) is 24.0 Å². The van der Waals surface area contributed by atoms with Crippen LogP contribution in [0.3, 0.4) is 0 Å². The Balaban J connectivity index is 1.67. The van der Waals surface area contributed by atoms with Crippen LogP contribution in [0.4, 0.5) is 0 Å². The van der Waals surface area contributed by atoms with Gasteiger partial charge >= 0.3 is 0 Å². The number of aromatic nitrogens is 1. The second-order valence-corrected chi connectivity index (χ2v) is 7.43. The molecule has 3 rings (SSSR count). The first kappa shape index (κ1) is 19.6. The Kier molecular flexibility index (Phi) is 6.66. The molecule has 2 heterocycles. The maximum absolute atomic E-state index is 12.8. The highest BCUT2D eigenvalue weighted by molar-refractivity contribution is 5.92. The van der Waals surface area contributed by atoms with Crippen molar-refractivity contribution in [2.24, 2.45) is 5.92 Å². The highest BCUT2D eigenvalue weighted by Gasteiger charge is 2.37. The number of carbonyl (C=O) groups is 2. The average molecular weight is 375 g/mol. The van der Waals surface area contributed by atoms with Crippen molar-refractivity contribution < 1.29 is 19.4 Å². The van der Waals surface area contributed by atoms with Gasteiger partial charge in [0.2, 0.25) is 5.91 Å². The van der Waals surface area contributed by atoms with Crippen LogP contribution in [0.2, 0.25) is 0 Å². The number of nitrogens with one attached hydrogen (secondary N) is 1. The summed E-state index contributed by atoms with van der Waals surface area (Å²) in [6.45, 7) is 4.38. The molecule has 1 aromatic rings. The summed E-state index contributed by atoms with van der Waals surface area (Å²) in [6.07, 6.45) is 6.38. The van der Waals surface area contributed by atoms with Gasteiger partial charge in [0.1, 0.15) is 11.4 Å². The van der Waals surface area contributed by atoms with Crippen LogP contribution in [-0.2, 0) is 9.53 Å². The Morgan fingerprint density at radius 2 is 2.07 bits per heavy atom. The van der Waals surface area contributed by atoms with Crippen LogP contribution in [0.1, 0.15) is 55.9 Å². The molecule has 2 amide bonds. The summed E-state index contributed by atoms with van der Waals surface area (Å²) in [5.41, 5.74) is 0.245. The highest BCUT2D eigenvalue weighted by atomic mass is 16.5. The molecule has 2 fully saturated rings. The standard InChI is InChI=1S/C20H29N3O4/c1-2-11-27-18-8-5-14(20(26)23-9-3-4-10-23)12-17(18)22-19(25)16-7-6-15(24)13-21-16/h6-7,13-14,17-18,24H,2-5,8-12H2,1H3,(H,22,25)/t14-,17+,18+/m0/s1. The lowest BCUT2D eigenvalue weighted by molar-refractivity contribution is -0.137. The summed E-state index contributed by atoms with van der Waals surface area (Å²) in [7, 11) is 0. The van der Waals surface area contributed by atoms with Gasteiger partial charge in [0.15, 0.2) is 0 Å². The summed E-state index contributed by atoms with van der Waals surface area (Å²) >= 11 is 0. The molecule has 2 N–H and O–H groups in total. The third-order valence-electron chi connectivity index (χ3n) is 5.39. The van der Waals surface area contributed by atoms with E-state index in [-0.39, 0.29) is 41.3 Å². The van der Waals surface area contributed by atoms with Gasteiger partial charge in [0.05, 0.1) is 18.3 Å². The highest BCUT2D eigenvalue weighted by Crippen LogP contribution is 2.29. The van der Waals surface area contributed by atoms with Crippen molar-refractivity contribution in [1.82, 2.24) is 15.2 Å². The van der Waals surface area contributed by atoms with Crippen molar-refractivity contribution >= 4 is 11.8 Å². The zero-order valence-corrected chi connectivity index (χ0v) is 15.9. The predicted octanol–water partition coefficient (Wildman–Crippen LogP) is 2.10. The molecule has 1 saturated carbocycles. The monoisotopic (exact) mass is 375 g/mol. The zero-order chi connectivity index (χ0) is 19.2. The van der Waals surface area contributed by atoms with Crippen molar-refractivity contribution in [3.8, 4) is 5.75 Å². The van der Waals surface area contributed by atoms with E-state index in [0.29, 0.717) is 13.0 Å². The summed E-state index contributed by atoms with van der Waals surface area (Å²) in [5.74, 6) is -0.143. The van der Waals surface area contributed by atoms with E-state index in [9.17, 15) is 14.7 Å². The Labute approximate surface area is 160 Å². The molecular weight excluding hydrogens is 346 g/mol. The van der Waals surface area contributed by atoms with Gasteiger partial charge in [-0.1, -0.05) is 6.92 Å². The van der Waals surface area contributed by atoms with Crippen molar-refractivity contribution in [2.45, 2.75) is 57.6 Å². The fourth-order valence-corrected chi connectivity index (χ4v) is 3.95. The fraction of sp³-hybridized carbons (Fsp3) is 0.650. The number of pyridine rings is 1. The van der Waals surface area contributed by atoms with E-state index in [0.717, 1.165) is 45.2 Å². The maximum Gasteiger partial charge on any atom is 0.270 e. The normalized spacial score (nSPS) is 25.4. The number of nitrogens with zero attached hydrogens (tertiary/aromatic N) is 2. The topological polar surface area (TPSA) is 91.8 Å². The van der Waals surface area contributed by atoms with Gasteiger partial charge in [0.25, 0.3) is 5.91 Å². The zero-order valence-electron chi connectivity index (χ0n) is 15.9. The number of ether oxygens (including phenoxy) is 1. The third-order valence-corrected chi connectivity index (χ3v) is 5.39. The average Bonchev–Trinajstić information content (AvgIpc) is 3.21. The van der Waals surface area contributed by atoms with Crippen molar-refractivity contribution in [1.29, 1.82) is 0 Å². The van der Waals surface area contributed by atoms with E-state index in [2.05, 4.69) is 17.2 Å². The number of likely N-dealkylation sites (tertiary alicyclic amines) is 1. The summed E-state index contributed by atoms with van der Waals surface area (Å²) in [5, 5.41) is 12.4. The van der Waals surface area contributed by atoms with E-state index >= 15 is 0 Å². The minimum absolute atomic E-state index is 0.0182. The molecule has 0 spiro atoms. The van der Waals surface area contributed by atoms with Crippen molar-refractivity contribution in [2.75, 3.05) is 19.7 Å². The van der Waals surface area contributed by atoms with Gasteiger partial charge in [-0.25, -0.2) is 4.98 Å². The van der Waals surface area contributed by atoms with E-state index in [4.69, 9.17) is 4.74 Å². The molecule has 0 aromatic carbocycles. The molecule has 1 aliphatic carbocycles. The molecule has 7 nitrogen and oxygen atoms in total. The number of amides is 2. The van der Waals surface area contributed by atoms with Gasteiger partial charge < -0.3 is 20.1 Å². The van der Waals surface area contributed by atoms with E-state index in [1.807, 2.05) is 4.90 Å². The van der Waals surface area contributed by atoms with Crippen LogP contribution in [0, 0.1) is 5.92 Å². The van der Waals surface area contributed by atoms with E-state index < -0.39 is 0 Å². The van der Waals surface area contributed by atoms with Crippen LogP contribution >= 0.6 is 0 Å². The lowest BCUT2D eigenvalue weighted by Crippen LogP contribution is -2.51. The molecule has 2 aliphatic rings. The largest absolute Gasteiger partial charge is 0.506 e. The molecule has 7 heteroatoms. The van der Waals surface area contributed by atoms with Crippen LogP contribution in [0.15, 0.2) is 18.3 Å². The Morgan fingerprint density at radius 1 is 1.30 bits per heavy atom. The molecule has 0 unspecified atom stereocenters. The number of hydrogen-bond acceptors (Lipinski definition) is 5. The first-order valence-electron chi connectivity index (χ1n) is 9.94. The number of rotatable bonds is 6. The molecule has 1 aliphatic heterocycles. The quantitative estimate of drug-likeness (QED) is 0.794. The third kappa shape index (κ3) is 4.97. The fourth-order valence-electron chi connectivity index (χ4n) is 3.95. The molecular formula is C20H29N3O4. The van der Waals surface area contributed by atoms with Crippen LogP contribution in [0.25, 0.3) is 0 Å². The lowest BCUT2D eigenvalue weighted by atomic mass is 9.82. The Bertz CT molecular complexity index is 643. The molecule has 27 heavy (non-hydrogen) atoms. The van der Waals surface area contributed by atoms with Crippen molar-refractivity contribution in [3.63, 3.8) is 0 Å². The minimum atomic E-state index is -0.306. The molecule has 3 atom stereocenters.